The van der Waals surface area contributed by atoms with Gasteiger partial charge in [0.15, 0.2) is 0 Å². The molecule has 0 fully saturated rings. The fraction of sp³-hybridized carbons (Fsp3) is 0.200. The van der Waals surface area contributed by atoms with E-state index in [-0.39, 0.29) is 0 Å². The molecule has 58 valence electrons. The summed E-state index contributed by atoms with van der Waals surface area (Å²) in [5, 5.41) is 3.10. The first-order valence-electron chi connectivity index (χ1n) is 3.41. The highest BCUT2D eigenvalue weighted by atomic mass is 14.8. The molecular formula is C10H13N. The number of benzene rings is 1. The summed E-state index contributed by atoms with van der Waals surface area (Å²) in [6.45, 7) is 2.09. The summed E-state index contributed by atoms with van der Waals surface area (Å²) in [6.07, 6.45) is 8.00. The molecule has 1 nitrogen and oxygen atoms in total. The van der Waals surface area contributed by atoms with Crippen LogP contribution >= 0.6 is 0 Å². The molecule has 0 aliphatic rings. The lowest BCUT2D eigenvalue weighted by Crippen LogP contribution is -1.89. The largest absolute Gasteiger partial charge is 0.388 e. The van der Waals surface area contributed by atoms with Crippen LogP contribution in [0.1, 0.15) is 5.56 Å². The second kappa shape index (κ2) is 5.37. The van der Waals surface area contributed by atoms with Crippen molar-refractivity contribution in [1.82, 2.24) is 0 Å². The first kappa shape index (κ1) is 9.58. The van der Waals surface area contributed by atoms with Crippen molar-refractivity contribution in [3.63, 3.8) is 0 Å². The molecule has 0 saturated carbocycles. The van der Waals surface area contributed by atoms with Gasteiger partial charge in [0, 0.05) is 12.7 Å². The van der Waals surface area contributed by atoms with E-state index in [1.54, 1.807) is 0 Å². The van der Waals surface area contributed by atoms with Gasteiger partial charge in [-0.05, 0) is 18.6 Å². The molecule has 11 heavy (non-hydrogen) atoms. The van der Waals surface area contributed by atoms with Crippen molar-refractivity contribution in [3.8, 4) is 12.8 Å². The number of nitrogens with one attached hydrogen (secondary N) is 1. The van der Waals surface area contributed by atoms with Crippen molar-refractivity contribution >= 4 is 5.69 Å². The third-order valence-corrected chi connectivity index (χ3v) is 1.41. The lowest BCUT2D eigenvalue weighted by Gasteiger charge is -2.01. The smallest absolute Gasteiger partial charge is 0.0367 e. The van der Waals surface area contributed by atoms with Crippen molar-refractivity contribution in [3.05, 3.63) is 29.8 Å². The van der Waals surface area contributed by atoms with E-state index in [1.165, 1.54) is 11.3 Å². The van der Waals surface area contributed by atoms with Crippen LogP contribution in [0.5, 0.6) is 0 Å². The van der Waals surface area contributed by atoms with Gasteiger partial charge >= 0.3 is 0 Å². The molecule has 0 unspecified atom stereocenters. The van der Waals surface area contributed by atoms with Gasteiger partial charge in [0.25, 0.3) is 0 Å². The lowest BCUT2D eigenvalue weighted by atomic mass is 10.2. The predicted molar refractivity (Wildman–Crippen MR) is 50.6 cm³/mol. The van der Waals surface area contributed by atoms with Crippen LogP contribution in [0.15, 0.2) is 24.3 Å². The molecule has 0 bridgehead atoms. The molecule has 0 aliphatic heterocycles. The van der Waals surface area contributed by atoms with Gasteiger partial charge in [-0.3, -0.25) is 0 Å². The fourth-order valence-corrected chi connectivity index (χ4v) is 0.853. The molecule has 1 N–H and O–H groups in total. The molecule has 0 radical (unpaired) electrons. The van der Waals surface area contributed by atoms with Crippen LogP contribution in [0.3, 0.4) is 0 Å². The van der Waals surface area contributed by atoms with Crippen molar-refractivity contribution in [1.29, 1.82) is 0 Å². The molecule has 1 heteroatoms. The van der Waals surface area contributed by atoms with Crippen molar-refractivity contribution in [2.24, 2.45) is 0 Å². The van der Waals surface area contributed by atoms with Gasteiger partial charge in [0.05, 0.1) is 0 Å². The molecule has 0 spiro atoms. The minimum absolute atomic E-state index is 1.21. The number of terminal acetylenes is 1. The summed E-state index contributed by atoms with van der Waals surface area (Å²) in [7, 11) is 1.93. The topological polar surface area (TPSA) is 12.0 Å². The highest BCUT2D eigenvalue weighted by Gasteiger charge is 1.88. The Hall–Kier alpha value is -1.42. The third kappa shape index (κ3) is 2.77. The average Bonchev–Trinajstić information content (AvgIpc) is 2.09. The highest BCUT2D eigenvalue weighted by molar-refractivity contribution is 5.49. The number of anilines is 1. The Kier molecular flexibility index (Phi) is 4.68. The number of para-hydroxylation sites is 1. The molecule has 1 rings (SSSR count). The molecule has 0 aromatic heterocycles. The maximum absolute atomic E-state index is 4.00. The van der Waals surface area contributed by atoms with E-state index in [1.807, 2.05) is 19.2 Å². The summed E-state index contributed by atoms with van der Waals surface area (Å²) >= 11 is 0. The monoisotopic (exact) mass is 147 g/mol. The normalized spacial score (nSPS) is 7.64. The molecule has 1 aromatic carbocycles. The predicted octanol–water partition coefficient (Wildman–Crippen LogP) is 2.29. The number of hydrogen-bond acceptors (Lipinski definition) is 1. The standard InChI is InChI=1S/C8H11N.C2H2/c1-7-5-3-4-6-8(7)9-2;1-2/h3-6,9H,1-2H3;1-2H. The lowest BCUT2D eigenvalue weighted by molar-refractivity contribution is 1.41. The second-order valence-electron chi connectivity index (χ2n) is 2.06. The van der Waals surface area contributed by atoms with E-state index in [4.69, 9.17) is 0 Å². The molecule has 0 heterocycles. The molecular weight excluding hydrogens is 134 g/mol. The first-order valence-corrected chi connectivity index (χ1v) is 3.41. The molecule has 1 aromatic rings. The minimum atomic E-state index is 1.21. The van der Waals surface area contributed by atoms with Crippen molar-refractivity contribution in [2.45, 2.75) is 6.92 Å². The van der Waals surface area contributed by atoms with E-state index in [0.29, 0.717) is 0 Å². The highest BCUT2D eigenvalue weighted by Crippen LogP contribution is 2.10. The quantitative estimate of drug-likeness (QED) is 0.601. The van der Waals surface area contributed by atoms with Crippen molar-refractivity contribution < 1.29 is 0 Å². The fourth-order valence-electron chi connectivity index (χ4n) is 0.853. The second-order valence-corrected chi connectivity index (χ2v) is 2.06. The average molecular weight is 147 g/mol. The number of rotatable bonds is 1. The van der Waals surface area contributed by atoms with Crippen LogP contribution in [-0.2, 0) is 0 Å². The Morgan fingerprint density at radius 1 is 1.18 bits per heavy atom. The molecule has 0 aliphatic carbocycles. The third-order valence-electron chi connectivity index (χ3n) is 1.41. The zero-order valence-corrected chi connectivity index (χ0v) is 6.96. The first-order chi connectivity index (χ1) is 5.34. The van der Waals surface area contributed by atoms with Crippen LogP contribution in [0.4, 0.5) is 5.69 Å². The van der Waals surface area contributed by atoms with Crippen LogP contribution in [0, 0.1) is 19.8 Å². The zero-order chi connectivity index (χ0) is 8.69. The maximum atomic E-state index is 4.00. The van der Waals surface area contributed by atoms with Crippen LogP contribution in [-0.4, -0.2) is 7.05 Å². The van der Waals surface area contributed by atoms with Crippen LogP contribution < -0.4 is 5.32 Å². The maximum Gasteiger partial charge on any atom is 0.0367 e. The van der Waals surface area contributed by atoms with Gasteiger partial charge in [-0.15, -0.1) is 12.8 Å². The van der Waals surface area contributed by atoms with Crippen LogP contribution in [0.25, 0.3) is 0 Å². The Morgan fingerprint density at radius 3 is 2.09 bits per heavy atom. The van der Waals surface area contributed by atoms with E-state index < -0.39 is 0 Å². The van der Waals surface area contributed by atoms with Crippen molar-refractivity contribution in [2.75, 3.05) is 12.4 Å². The number of aryl methyl sites for hydroxylation is 1. The summed E-state index contributed by atoms with van der Waals surface area (Å²) < 4.78 is 0. The summed E-state index contributed by atoms with van der Waals surface area (Å²) in [5.74, 6) is 0. The van der Waals surface area contributed by atoms with Crippen LogP contribution in [0.2, 0.25) is 0 Å². The Balaban J connectivity index is 0.000000461. The van der Waals surface area contributed by atoms with Gasteiger partial charge in [-0.1, -0.05) is 18.2 Å². The minimum Gasteiger partial charge on any atom is -0.388 e. The van der Waals surface area contributed by atoms with Gasteiger partial charge in [-0.25, -0.2) is 0 Å². The van der Waals surface area contributed by atoms with E-state index >= 15 is 0 Å². The molecule has 0 amide bonds. The van der Waals surface area contributed by atoms with E-state index in [9.17, 15) is 0 Å². The van der Waals surface area contributed by atoms with Gasteiger partial charge < -0.3 is 5.32 Å². The van der Waals surface area contributed by atoms with E-state index in [0.717, 1.165) is 0 Å². The summed E-state index contributed by atoms with van der Waals surface area (Å²) in [6, 6.07) is 8.22. The molecule has 0 saturated heterocycles. The Bertz CT molecular complexity index is 225. The Labute approximate surface area is 68.4 Å². The summed E-state index contributed by atoms with van der Waals surface area (Å²) in [4.78, 5) is 0. The Morgan fingerprint density at radius 2 is 1.73 bits per heavy atom. The van der Waals surface area contributed by atoms with Gasteiger partial charge in [0.1, 0.15) is 0 Å². The SMILES string of the molecule is C#C.CNc1ccccc1C. The van der Waals surface area contributed by atoms with E-state index in [2.05, 4.69) is 37.2 Å². The number of hydrogen-bond donors (Lipinski definition) is 1. The molecule has 0 atom stereocenters. The zero-order valence-electron chi connectivity index (χ0n) is 6.96. The van der Waals surface area contributed by atoms with Gasteiger partial charge in [0.2, 0.25) is 0 Å². The van der Waals surface area contributed by atoms with Gasteiger partial charge in [-0.2, -0.15) is 0 Å². The summed E-state index contributed by atoms with van der Waals surface area (Å²) in [5.41, 5.74) is 2.50.